The van der Waals surface area contributed by atoms with Gasteiger partial charge in [-0.25, -0.2) is 0 Å². The minimum absolute atomic E-state index is 0.291. The van der Waals surface area contributed by atoms with Crippen LogP contribution in [0.3, 0.4) is 0 Å². The molecule has 0 saturated carbocycles. The highest BCUT2D eigenvalue weighted by Gasteiger charge is 2.16. The van der Waals surface area contributed by atoms with Gasteiger partial charge in [-0.05, 0) is 26.3 Å². The third-order valence-electron chi connectivity index (χ3n) is 2.86. The van der Waals surface area contributed by atoms with Crippen molar-refractivity contribution in [3.8, 4) is 0 Å². The van der Waals surface area contributed by atoms with Gasteiger partial charge in [0.2, 0.25) is 0 Å². The Kier molecular flexibility index (Phi) is 7.36. The largest absolute Gasteiger partial charge is 0.380 e. The van der Waals surface area contributed by atoms with Crippen LogP contribution >= 0.6 is 0 Å². The number of carbonyl (C=O) groups is 2. The van der Waals surface area contributed by atoms with E-state index in [-0.39, 0.29) is 0 Å². The van der Waals surface area contributed by atoms with Crippen molar-refractivity contribution >= 4 is 11.8 Å². The van der Waals surface area contributed by atoms with E-state index >= 15 is 0 Å². The predicted molar refractivity (Wildman–Crippen MR) is 68.2 cm³/mol. The number of hydrogen-bond donors (Lipinski definition) is 3. The van der Waals surface area contributed by atoms with E-state index in [2.05, 4.69) is 16.0 Å². The Balaban J connectivity index is 2.09. The van der Waals surface area contributed by atoms with Crippen LogP contribution < -0.4 is 16.0 Å². The van der Waals surface area contributed by atoms with Gasteiger partial charge in [-0.15, -0.1) is 0 Å². The summed E-state index contributed by atoms with van der Waals surface area (Å²) in [6.45, 7) is 4.78. The molecule has 1 fully saturated rings. The van der Waals surface area contributed by atoms with Crippen molar-refractivity contribution < 1.29 is 14.3 Å². The first-order chi connectivity index (χ1) is 8.74. The highest BCUT2D eigenvalue weighted by atomic mass is 16.5. The Labute approximate surface area is 108 Å². The molecule has 1 unspecified atom stereocenters. The zero-order valence-corrected chi connectivity index (χ0v) is 11.0. The van der Waals surface area contributed by atoms with Gasteiger partial charge < -0.3 is 20.7 Å². The van der Waals surface area contributed by atoms with Gasteiger partial charge in [0.05, 0.1) is 6.61 Å². The van der Waals surface area contributed by atoms with Crippen LogP contribution in [-0.2, 0) is 14.3 Å². The Hall–Kier alpha value is -1.14. The van der Waals surface area contributed by atoms with Gasteiger partial charge in [0.15, 0.2) is 0 Å². The summed E-state index contributed by atoms with van der Waals surface area (Å²) in [5, 5.41) is 8.45. The summed E-state index contributed by atoms with van der Waals surface area (Å²) in [4.78, 5) is 22.8. The maximum atomic E-state index is 11.5. The first kappa shape index (κ1) is 14.9. The predicted octanol–water partition coefficient (Wildman–Crippen LogP) is -0.603. The molecule has 1 saturated heterocycles. The van der Waals surface area contributed by atoms with Crippen molar-refractivity contribution in [1.82, 2.24) is 16.0 Å². The zero-order valence-electron chi connectivity index (χ0n) is 11.0. The number of nitrogens with one attached hydrogen (secondary N) is 3. The number of carbonyl (C=O) groups excluding carboxylic acids is 2. The van der Waals surface area contributed by atoms with E-state index in [0.717, 1.165) is 13.0 Å². The normalized spacial score (nSPS) is 19.3. The Morgan fingerprint density at radius 3 is 2.72 bits per heavy atom. The molecule has 6 nitrogen and oxygen atoms in total. The van der Waals surface area contributed by atoms with E-state index in [1.807, 2.05) is 6.92 Å². The molecule has 6 heteroatoms. The minimum Gasteiger partial charge on any atom is -0.380 e. The van der Waals surface area contributed by atoms with E-state index in [1.165, 1.54) is 12.8 Å². The molecule has 2 amide bonds. The van der Waals surface area contributed by atoms with Crippen molar-refractivity contribution in [2.24, 2.45) is 0 Å². The molecule has 3 N–H and O–H groups in total. The van der Waals surface area contributed by atoms with Crippen molar-refractivity contribution in [2.75, 3.05) is 32.8 Å². The summed E-state index contributed by atoms with van der Waals surface area (Å²) < 4.78 is 5.06. The van der Waals surface area contributed by atoms with E-state index in [9.17, 15) is 9.59 Å². The molecule has 0 aliphatic carbocycles. The fraction of sp³-hybridized carbons (Fsp3) is 0.833. The van der Waals surface area contributed by atoms with Crippen molar-refractivity contribution in [3.63, 3.8) is 0 Å². The smallest absolute Gasteiger partial charge is 0.309 e. The van der Waals surface area contributed by atoms with Gasteiger partial charge in [0.25, 0.3) is 0 Å². The molecule has 0 spiro atoms. The summed E-state index contributed by atoms with van der Waals surface area (Å²) in [6, 6.07) is 0.291. The molecule has 0 aromatic carbocycles. The Bertz CT molecular complexity index is 265. The van der Waals surface area contributed by atoms with Crippen LogP contribution in [0.25, 0.3) is 0 Å². The number of ether oxygens (including phenoxy) is 1. The SMILES string of the molecule is CCOCCNC(=O)C(=O)NCC1CCCCN1. The summed E-state index contributed by atoms with van der Waals surface area (Å²) in [5.74, 6) is -1.16. The third kappa shape index (κ3) is 5.97. The molecular formula is C12H23N3O3. The lowest BCUT2D eigenvalue weighted by Gasteiger charge is -2.23. The summed E-state index contributed by atoms with van der Waals surface area (Å²) in [7, 11) is 0. The van der Waals surface area contributed by atoms with Gasteiger partial charge in [0, 0.05) is 25.7 Å². The number of hydrogen-bond acceptors (Lipinski definition) is 4. The van der Waals surface area contributed by atoms with E-state index in [4.69, 9.17) is 4.74 Å². The van der Waals surface area contributed by atoms with Crippen LogP contribution in [0.2, 0.25) is 0 Å². The lowest BCUT2D eigenvalue weighted by atomic mass is 10.1. The maximum Gasteiger partial charge on any atom is 0.309 e. The fourth-order valence-corrected chi connectivity index (χ4v) is 1.86. The molecule has 1 aliphatic heterocycles. The second-order valence-corrected chi connectivity index (χ2v) is 4.31. The van der Waals surface area contributed by atoms with Gasteiger partial charge in [-0.2, -0.15) is 0 Å². The van der Waals surface area contributed by atoms with Crippen molar-refractivity contribution in [1.29, 1.82) is 0 Å². The van der Waals surface area contributed by atoms with E-state index in [0.29, 0.717) is 32.3 Å². The highest BCUT2D eigenvalue weighted by Crippen LogP contribution is 2.05. The number of piperidine rings is 1. The van der Waals surface area contributed by atoms with Crippen LogP contribution in [0.5, 0.6) is 0 Å². The molecule has 0 radical (unpaired) electrons. The molecule has 1 heterocycles. The molecule has 104 valence electrons. The molecule has 1 rings (SSSR count). The van der Waals surface area contributed by atoms with E-state index < -0.39 is 11.8 Å². The summed E-state index contributed by atoms with van der Waals surface area (Å²) >= 11 is 0. The highest BCUT2D eigenvalue weighted by molar-refractivity contribution is 6.35. The Morgan fingerprint density at radius 2 is 2.06 bits per heavy atom. The minimum atomic E-state index is -0.592. The fourth-order valence-electron chi connectivity index (χ4n) is 1.86. The molecule has 0 aromatic rings. The average Bonchev–Trinajstić information content (AvgIpc) is 2.42. The van der Waals surface area contributed by atoms with Crippen molar-refractivity contribution in [2.45, 2.75) is 32.2 Å². The quantitative estimate of drug-likeness (QED) is 0.438. The lowest BCUT2D eigenvalue weighted by Crippen LogP contribution is -2.47. The van der Waals surface area contributed by atoms with Crippen LogP contribution in [0.4, 0.5) is 0 Å². The average molecular weight is 257 g/mol. The van der Waals surface area contributed by atoms with Crippen molar-refractivity contribution in [3.05, 3.63) is 0 Å². The molecule has 0 bridgehead atoms. The number of rotatable bonds is 6. The van der Waals surface area contributed by atoms with Gasteiger partial charge in [-0.3, -0.25) is 9.59 Å². The molecule has 1 aliphatic rings. The van der Waals surface area contributed by atoms with Crippen LogP contribution in [-0.4, -0.2) is 50.7 Å². The van der Waals surface area contributed by atoms with Crippen LogP contribution in [0.1, 0.15) is 26.2 Å². The van der Waals surface area contributed by atoms with Gasteiger partial charge in [0.1, 0.15) is 0 Å². The molecule has 18 heavy (non-hydrogen) atoms. The number of amides is 2. The second-order valence-electron chi connectivity index (χ2n) is 4.31. The van der Waals surface area contributed by atoms with Crippen LogP contribution in [0.15, 0.2) is 0 Å². The third-order valence-corrected chi connectivity index (χ3v) is 2.86. The topological polar surface area (TPSA) is 79.5 Å². The second kappa shape index (κ2) is 8.88. The van der Waals surface area contributed by atoms with Gasteiger partial charge in [-0.1, -0.05) is 6.42 Å². The zero-order chi connectivity index (χ0) is 13.2. The summed E-state index contributed by atoms with van der Waals surface area (Å²) in [6.07, 6.45) is 3.41. The van der Waals surface area contributed by atoms with E-state index in [1.54, 1.807) is 0 Å². The Morgan fingerprint density at radius 1 is 1.28 bits per heavy atom. The first-order valence-corrected chi connectivity index (χ1v) is 6.61. The van der Waals surface area contributed by atoms with Crippen LogP contribution in [0, 0.1) is 0 Å². The first-order valence-electron chi connectivity index (χ1n) is 6.61. The molecule has 1 atom stereocenters. The summed E-state index contributed by atoms with van der Waals surface area (Å²) in [5.41, 5.74) is 0. The monoisotopic (exact) mass is 257 g/mol. The molecule has 0 aromatic heterocycles. The van der Waals surface area contributed by atoms with Gasteiger partial charge >= 0.3 is 11.8 Å². The standard InChI is InChI=1S/C12H23N3O3/c1-2-18-8-7-14-11(16)12(17)15-9-10-5-3-4-6-13-10/h10,13H,2-9H2,1H3,(H,14,16)(H,15,17). The maximum absolute atomic E-state index is 11.5. The molecular weight excluding hydrogens is 234 g/mol. The lowest BCUT2D eigenvalue weighted by molar-refractivity contribution is -0.139.